The standard InChI is InChI=1S/C23H29N3O/c27-22-17-23(25-21-10-5-4-9-20(21)18-24-22)12-6-14-26(16-13-23)15-11-19-7-2-1-3-8-19/h1-5,7-10,25H,6,11-18H2,(H,24,27)/t23-/m1/s1. The molecule has 0 unspecified atom stereocenters. The number of hydrogen-bond acceptors (Lipinski definition) is 3. The van der Waals surface area contributed by atoms with Crippen LogP contribution in [0.5, 0.6) is 0 Å². The molecule has 142 valence electrons. The molecule has 2 aliphatic rings. The van der Waals surface area contributed by atoms with E-state index in [0.29, 0.717) is 13.0 Å². The summed E-state index contributed by atoms with van der Waals surface area (Å²) in [6.07, 6.45) is 4.82. The number of benzene rings is 2. The van der Waals surface area contributed by atoms with Gasteiger partial charge in [-0.15, -0.1) is 0 Å². The summed E-state index contributed by atoms with van der Waals surface area (Å²) in [6, 6.07) is 19.1. The molecule has 4 rings (SSSR count). The first-order chi connectivity index (χ1) is 13.2. The summed E-state index contributed by atoms with van der Waals surface area (Å²) in [4.78, 5) is 15.0. The third kappa shape index (κ3) is 4.51. The normalized spacial score (nSPS) is 23.5. The van der Waals surface area contributed by atoms with E-state index in [1.54, 1.807) is 0 Å². The van der Waals surface area contributed by atoms with Gasteiger partial charge in [0, 0.05) is 37.3 Å². The fourth-order valence-electron chi connectivity index (χ4n) is 4.40. The van der Waals surface area contributed by atoms with E-state index < -0.39 is 0 Å². The van der Waals surface area contributed by atoms with Crippen molar-refractivity contribution >= 4 is 11.6 Å². The van der Waals surface area contributed by atoms with Crippen molar-refractivity contribution in [3.63, 3.8) is 0 Å². The third-order valence-corrected chi connectivity index (χ3v) is 5.99. The van der Waals surface area contributed by atoms with Crippen LogP contribution in [0.25, 0.3) is 0 Å². The lowest BCUT2D eigenvalue weighted by Crippen LogP contribution is -2.46. The molecule has 4 heteroatoms. The van der Waals surface area contributed by atoms with Gasteiger partial charge in [0.25, 0.3) is 0 Å². The Morgan fingerprint density at radius 2 is 1.78 bits per heavy atom. The van der Waals surface area contributed by atoms with Gasteiger partial charge in [-0.2, -0.15) is 0 Å². The highest BCUT2D eigenvalue weighted by atomic mass is 16.1. The quantitative estimate of drug-likeness (QED) is 0.876. The van der Waals surface area contributed by atoms with E-state index in [0.717, 1.165) is 45.3 Å². The van der Waals surface area contributed by atoms with Crippen LogP contribution in [0.15, 0.2) is 54.6 Å². The summed E-state index contributed by atoms with van der Waals surface area (Å²) < 4.78 is 0. The summed E-state index contributed by atoms with van der Waals surface area (Å²) in [6.45, 7) is 3.85. The number of anilines is 1. The molecule has 0 saturated carbocycles. The topological polar surface area (TPSA) is 44.4 Å². The zero-order valence-corrected chi connectivity index (χ0v) is 15.9. The molecule has 2 aliphatic heterocycles. The smallest absolute Gasteiger partial charge is 0.222 e. The molecular formula is C23H29N3O. The van der Waals surface area contributed by atoms with Crippen LogP contribution in [0.1, 0.15) is 36.8 Å². The van der Waals surface area contributed by atoms with E-state index in [-0.39, 0.29) is 11.4 Å². The van der Waals surface area contributed by atoms with Crippen molar-refractivity contribution in [1.82, 2.24) is 10.2 Å². The maximum Gasteiger partial charge on any atom is 0.222 e. The average molecular weight is 364 g/mol. The fraction of sp³-hybridized carbons (Fsp3) is 0.435. The number of carbonyl (C=O) groups excluding carboxylic acids is 1. The Labute approximate surface area is 162 Å². The second kappa shape index (κ2) is 8.13. The first-order valence-corrected chi connectivity index (χ1v) is 10.1. The summed E-state index contributed by atoms with van der Waals surface area (Å²) >= 11 is 0. The molecule has 27 heavy (non-hydrogen) atoms. The van der Waals surface area contributed by atoms with Crippen LogP contribution in [0.2, 0.25) is 0 Å². The van der Waals surface area contributed by atoms with Crippen LogP contribution < -0.4 is 10.6 Å². The molecule has 1 fully saturated rings. The van der Waals surface area contributed by atoms with Crippen molar-refractivity contribution in [2.24, 2.45) is 0 Å². The Bertz CT molecular complexity index is 776. The van der Waals surface area contributed by atoms with Gasteiger partial charge in [0.05, 0.1) is 0 Å². The molecule has 0 radical (unpaired) electrons. The number of para-hydroxylation sites is 1. The van der Waals surface area contributed by atoms with Gasteiger partial charge in [-0.25, -0.2) is 0 Å². The van der Waals surface area contributed by atoms with E-state index in [2.05, 4.69) is 64.1 Å². The molecule has 0 aliphatic carbocycles. The van der Waals surface area contributed by atoms with Crippen LogP contribution in [0, 0.1) is 0 Å². The van der Waals surface area contributed by atoms with Gasteiger partial charge < -0.3 is 15.5 Å². The summed E-state index contributed by atoms with van der Waals surface area (Å²) in [5.41, 5.74) is 3.61. The molecule has 2 aromatic carbocycles. The monoisotopic (exact) mass is 363 g/mol. The Morgan fingerprint density at radius 1 is 0.963 bits per heavy atom. The molecule has 2 N–H and O–H groups in total. The van der Waals surface area contributed by atoms with Gasteiger partial charge in [0.1, 0.15) is 0 Å². The second-order valence-corrected chi connectivity index (χ2v) is 7.95. The van der Waals surface area contributed by atoms with E-state index in [1.807, 2.05) is 6.07 Å². The number of rotatable bonds is 3. The van der Waals surface area contributed by atoms with E-state index in [1.165, 1.54) is 16.8 Å². The predicted octanol–water partition coefficient (Wildman–Crippen LogP) is 3.59. The molecule has 4 nitrogen and oxygen atoms in total. The van der Waals surface area contributed by atoms with Crippen LogP contribution >= 0.6 is 0 Å². The molecule has 2 aromatic rings. The molecule has 1 atom stereocenters. The van der Waals surface area contributed by atoms with Crippen LogP contribution in [0.3, 0.4) is 0 Å². The van der Waals surface area contributed by atoms with Crippen LogP contribution in [-0.4, -0.2) is 36.0 Å². The maximum absolute atomic E-state index is 12.5. The Hall–Kier alpha value is -2.33. The minimum absolute atomic E-state index is 0.137. The highest BCUT2D eigenvalue weighted by molar-refractivity contribution is 5.79. The molecule has 2 heterocycles. The number of likely N-dealkylation sites (tertiary alicyclic amines) is 1. The van der Waals surface area contributed by atoms with Crippen molar-refractivity contribution in [3.8, 4) is 0 Å². The van der Waals surface area contributed by atoms with Gasteiger partial charge in [-0.05, 0) is 49.4 Å². The number of fused-ring (bicyclic) bond motifs is 1. The van der Waals surface area contributed by atoms with Crippen molar-refractivity contribution in [3.05, 3.63) is 65.7 Å². The second-order valence-electron chi connectivity index (χ2n) is 7.95. The molecule has 0 aromatic heterocycles. The highest BCUT2D eigenvalue weighted by Crippen LogP contribution is 2.33. The lowest BCUT2D eigenvalue weighted by atomic mass is 9.85. The lowest BCUT2D eigenvalue weighted by Gasteiger charge is -2.37. The van der Waals surface area contributed by atoms with Gasteiger partial charge in [0.15, 0.2) is 0 Å². The zero-order chi connectivity index (χ0) is 18.5. The van der Waals surface area contributed by atoms with Crippen molar-refractivity contribution in [2.75, 3.05) is 25.0 Å². The Kier molecular flexibility index (Phi) is 5.44. The Balaban J connectivity index is 1.44. The van der Waals surface area contributed by atoms with Gasteiger partial charge in [-0.1, -0.05) is 48.5 Å². The van der Waals surface area contributed by atoms with Crippen LogP contribution in [-0.2, 0) is 17.8 Å². The van der Waals surface area contributed by atoms with Crippen molar-refractivity contribution in [1.29, 1.82) is 0 Å². The number of nitrogens with zero attached hydrogens (tertiary/aromatic N) is 1. The highest BCUT2D eigenvalue weighted by Gasteiger charge is 2.36. The molecule has 1 saturated heterocycles. The zero-order valence-electron chi connectivity index (χ0n) is 15.9. The largest absolute Gasteiger partial charge is 0.379 e. The van der Waals surface area contributed by atoms with Gasteiger partial charge in [0.2, 0.25) is 5.91 Å². The Morgan fingerprint density at radius 3 is 2.67 bits per heavy atom. The lowest BCUT2D eigenvalue weighted by molar-refractivity contribution is -0.122. The minimum atomic E-state index is -0.137. The molecule has 0 bridgehead atoms. The molecular weight excluding hydrogens is 334 g/mol. The summed E-state index contributed by atoms with van der Waals surface area (Å²) in [5.74, 6) is 0.162. The average Bonchev–Trinajstić information content (AvgIpc) is 2.88. The third-order valence-electron chi connectivity index (χ3n) is 5.99. The van der Waals surface area contributed by atoms with Crippen molar-refractivity contribution < 1.29 is 4.79 Å². The van der Waals surface area contributed by atoms with E-state index in [9.17, 15) is 4.79 Å². The first-order valence-electron chi connectivity index (χ1n) is 10.1. The van der Waals surface area contributed by atoms with Crippen LogP contribution in [0.4, 0.5) is 5.69 Å². The maximum atomic E-state index is 12.5. The van der Waals surface area contributed by atoms with E-state index in [4.69, 9.17) is 0 Å². The minimum Gasteiger partial charge on any atom is -0.379 e. The molecule has 1 amide bonds. The van der Waals surface area contributed by atoms with E-state index >= 15 is 0 Å². The van der Waals surface area contributed by atoms with Gasteiger partial charge in [-0.3, -0.25) is 4.79 Å². The number of carbonyl (C=O) groups is 1. The predicted molar refractivity (Wildman–Crippen MR) is 110 cm³/mol. The van der Waals surface area contributed by atoms with Gasteiger partial charge >= 0.3 is 0 Å². The summed E-state index contributed by atoms with van der Waals surface area (Å²) in [7, 11) is 0. The number of nitrogens with one attached hydrogen (secondary N) is 2. The summed E-state index contributed by atoms with van der Waals surface area (Å²) in [5, 5.41) is 6.89. The number of amides is 1. The first kappa shape index (κ1) is 18.1. The van der Waals surface area contributed by atoms with Crippen molar-refractivity contribution in [2.45, 2.75) is 44.2 Å². The SMILES string of the molecule is O=C1C[C@]2(CCCN(CCc3ccccc3)CC2)Nc2ccccc2CN1. The fourth-order valence-corrected chi connectivity index (χ4v) is 4.40. The molecule has 1 spiro atoms. The number of hydrogen-bond donors (Lipinski definition) is 2.